The Morgan fingerprint density at radius 2 is 1.96 bits per heavy atom. The molecule has 5 nitrogen and oxygen atoms in total. The molecule has 7 heteroatoms. The van der Waals surface area contributed by atoms with E-state index >= 15 is 0 Å². The number of hydrogen-bond acceptors (Lipinski definition) is 5. The molecule has 0 N–H and O–H groups in total. The lowest BCUT2D eigenvalue weighted by atomic mass is 10.0. The third kappa shape index (κ3) is 3.28. The summed E-state index contributed by atoms with van der Waals surface area (Å²) in [7, 11) is 3.78. The summed E-state index contributed by atoms with van der Waals surface area (Å²) in [5.41, 5.74) is 4.08. The van der Waals surface area contributed by atoms with Crippen LogP contribution in [0.25, 0.3) is 10.2 Å². The van der Waals surface area contributed by atoms with E-state index in [1.807, 2.05) is 74.6 Å². The van der Waals surface area contributed by atoms with Crippen LogP contribution in [0.3, 0.4) is 0 Å². The van der Waals surface area contributed by atoms with E-state index in [1.54, 1.807) is 0 Å². The van der Waals surface area contributed by atoms with Gasteiger partial charge in [-0.3, -0.25) is 4.79 Å². The lowest BCUT2D eigenvalue weighted by Gasteiger charge is -2.09. The molecular formula is C20H17BrN4OS. The Morgan fingerprint density at radius 3 is 2.67 bits per heavy atom. The number of aromatic nitrogens is 1. The highest BCUT2D eigenvalue weighted by Gasteiger charge is 2.34. The number of benzene rings is 2. The molecule has 2 aromatic carbocycles. The summed E-state index contributed by atoms with van der Waals surface area (Å²) in [6.07, 6.45) is 1.81. The average Bonchev–Trinajstić information content (AvgIpc) is 3.19. The molecule has 1 amide bonds. The molecule has 136 valence electrons. The third-order valence-corrected chi connectivity index (χ3v) is 6.04. The van der Waals surface area contributed by atoms with Crippen LogP contribution < -0.4 is 5.01 Å². The molecule has 1 aliphatic heterocycles. The highest BCUT2D eigenvalue weighted by Crippen LogP contribution is 2.33. The Morgan fingerprint density at radius 1 is 1.19 bits per heavy atom. The number of carbonyl (C=O) groups excluding carboxylic acids is 1. The maximum atomic E-state index is 13.1. The van der Waals surface area contributed by atoms with Gasteiger partial charge in [-0.25, -0.2) is 4.98 Å². The molecule has 2 heterocycles. The van der Waals surface area contributed by atoms with Crippen molar-refractivity contribution in [3.05, 3.63) is 69.8 Å². The molecule has 1 aliphatic rings. The number of hydrazone groups is 1. The number of amides is 1. The first-order valence-corrected chi connectivity index (χ1v) is 9.99. The Balaban J connectivity index is 1.84. The highest BCUT2D eigenvalue weighted by molar-refractivity contribution is 9.10. The van der Waals surface area contributed by atoms with Gasteiger partial charge in [0.15, 0.2) is 0 Å². The van der Waals surface area contributed by atoms with Crippen LogP contribution in [-0.4, -0.2) is 35.6 Å². The van der Waals surface area contributed by atoms with Crippen LogP contribution in [0, 0.1) is 6.92 Å². The standard InChI is InChI=1S/C20H17BrN4OS/c1-12-8-9-13(10-15(12)21)18-14(11-24(2)3)19(26)25(23-18)20-22-16-6-4-5-7-17(16)27-20/h4-11H,1-3H3/b14-11+. The number of aryl methyl sites for hydroxylation is 1. The van der Waals surface area contributed by atoms with Crippen LogP contribution in [0.4, 0.5) is 5.13 Å². The fraction of sp³-hybridized carbons (Fsp3) is 0.150. The number of fused-ring (bicyclic) bond motifs is 1. The lowest BCUT2D eigenvalue weighted by molar-refractivity contribution is -0.114. The predicted molar refractivity (Wildman–Crippen MR) is 114 cm³/mol. The molecule has 0 bridgehead atoms. The summed E-state index contributed by atoms with van der Waals surface area (Å²) in [4.78, 5) is 19.6. The van der Waals surface area contributed by atoms with Crippen molar-refractivity contribution in [2.45, 2.75) is 6.92 Å². The van der Waals surface area contributed by atoms with Gasteiger partial charge in [0, 0.05) is 30.3 Å². The second-order valence-electron chi connectivity index (χ2n) is 6.50. The van der Waals surface area contributed by atoms with Gasteiger partial charge in [0.05, 0.1) is 15.8 Å². The van der Waals surface area contributed by atoms with Crippen LogP contribution in [0.5, 0.6) is 0 Å². The lowest BCUT2D eigenvalue weighted by Crippen LogP contribution is -2.22. The van der Waals surface area contributed by atoms with Crippen molar-refractivity contribution in [1.29, 1.82) is 0 Å². The number of rotatable bonds is 3. The van der Waals surface area contributed by atoms with Crippen molar-refractivity contribution < 1.29 is 4.79 Å². The van der Waals surface area contributed by atoms with Gasteiger partial charge in [0.2, 0.25) is 5.13 Å². The molecule has 0 unspecified atom stereocenters. The minimum absolute atomic E-state index is 0.172. The molecule has 0 saturated heterocycles. The first kappa shape index (κ1) is 17.9. The maximum Gasteiger partial charge on any atom is 0.284 e. The summed E-state index contributed by atoms with van der Waals surface area (Å²) < 4.78 is 2.01. The van der Waals surface area contributed by atoms with E-state index in [0.717, 1.165) is 25.8 Å². The number of hydrogen-bond donors (Lipinski definition) is 0. The number of carbonyl (C=O) groups is 1. The second kappa shape index (κ2) is 6.90. The Bertz CT molecular complexity index is 1080. The average molecular weight is 441 g/mol. The summed E-state index contributed by atoms with van der Waals surface area (Å²) in [6, 6.07) is 13.8. The number of nitrogens with zero attached hydrogens (tertiary/aromatic N) is 4. The Labute approximate surface area is 169 Å². The molecule has 0 atom stereocenters. The first-order valence-electron chi connectivity index (χ1n) is 8.38. The molecule has 4 rings (SSSR count). The SMILES string of the molecule is Cc1ccc(C2=NN(c3nc4ccccc4s3)C(=O)/C2=C/N(C)C)cc1Br. The van der Waals surface area contributed by atoms with E-state index in [1.165, 1.54) is 16.3 Å². The van der Waals surface area contributed by atoms with Crippen LogP contribution >= 0.6 is 27.3 Å². The molecule has 0 aliphatic carbocycles. The fourth-order valence-corrected chi connectivity index (χ4v) is 4.12. The monoisotopic (exact) mass is 440 g/mol. The minimum Gasteiger partial charge on any atom is -0.383 e. The molecule has 0 saturated carbocycles. The first-order chi connectivity index (χ1) is 12.9. The van der Waals surface area contributed by atoms with Crippen LogP contribution in [0.1, 0.15) is 11.1 Å². The highest BCUT2D eigenvalue weighted by atomic mass is 79.9. The van der Waals surface area contributed by atoms with Gasteiger partial charge in [-0.1, -0.05) is 51.5 Å². The normalized spacial score (nSPS) is 15.7. The van der Waals surface area contributed by atoms with Crippen molar-refractivity contribution in [3.63, 3.8) is 0 Å². The van der Waals surface area contributed by atoms with Crippen molar-refractivity contribution in [2.75, 3.05) is 19.1 Å². The largest absolute Gasteiger partial charge is 0.383 e. The number of anilines is 1. The predicted octanol–water partition coefficient (Wildman–Crippen LogP) is 4.56. The zero-order valence-electron chi connectivity index (χ0n) is 15.1. The van der Waals surface area contributed by atoms with E-state index in [0.29, 0.717) is 16.4 Å². The van der Waals surface area contributed by atoms with Gasteiger partial charge in [0.25, 0.3) is 5.91 Å². The molecule has 0 spiro atoms. The number of halogens is 1. The second-order valence-corrected chi connectivity index (χ2v) is 8.36. The van der Waals surface area contributed by atoms with Crippen molar-refractivity contribution in [2.24, 2.45) is 5.10 Å². The number of thiazole rings is 1. The van der Waals surface area contributed by atoms with Gasteiger partial charge in [-0.2, -0.15) is 10.1 Å². The molecular weight excluding hydrogens is 424 g/mol. The molecule has 0 fully saturated rings. The molecule has 0 radical (unpaired) electrons. The van der Waals surface area contributed by atoms with Gasteiger partial charge >= 0.3 is 0 Å². The van der Waals surface area contributed by atoms with E-state index in [4.69, 9.17) is 0 Å². The van der Waals surface area contributed by atoms with Gasteiger partial charge in [0.1, 0.15) is 5.71 Å². The van der Waals surface area contributed by atoms with Gasteiger partial charge in [-0.05, 0) is 30.7 Å². The van der Waals surface area contributed by atoms with Gasteiger partial charge < -0.3 is 4.90 Å². The zero-order valence-corrected chi connectivity index (χ0v) is 17.5. The summed E-state index contributed by atoms with van der Waals surface area (Å²) >= 11 is 5.03. The summed E-state index contributed by atoms with van der Waals surface area (Å²) in [6.45, 7) is 2.03. The molecule has 3 aromatic rings. The van der Waals surface area contributed by atoms with E-state index < -0.39 is 0 Å². The van der Waals surface area contributed by atoms with Crippen molar-refractivity contribution in [1.82, 2.24) is 9.88 Å². The number of para-hydroxylation sites is 1. The zero-order chi connectivity index (χ0) is 19.1. The van der Waals surface area contributed by atoms with E-state index in [2.05, 4.69) is 26.0 Å². The Kier molecular flexibility index (Phi) is 4.57. The third-order valence-electron chi connectivity index (χ3n) is 4.17. The molecule has 27 heavy (non-hydrogen) atoms. The quantitative estimate of drug-likeness (QED) is 0.560. The Hall–Kier alpha value is -2.51. The van der Waals surface area contributed by atoms with Gasteiger partial charge in [-0.15, -0.1) is 0 Å². The molecule has 1 aromatic heterocycles. The van der Waals surface area contributed by atoms with Crippen molar-refractivity contribution >= 4 is 54.2 Å². The van der Waals surface area contributed by atoms with Crippen molar-refractivity contribution in [3.8, 4) is 0 Å². The topological polar surface area (TPSA) is 48.8 Å². The van der Waals surface area contributed by atoms with Crippen LogP contribution in [0.15, 0.2) is 63.8 Å². The minimum atomic E-state index is -0.172. The maximum absolute atomic E-state index is 13.1. The fourth-order valence-electron chi connectivity index (χ4n) is 2.82. The van der Waals surface area contributed by atoms with Crippen LogP contribution in [-0.2, 0) is 4.79 Å². The summed E-state index contributed by atoms with van der Waals surface area (Å²) in [5.74, 6) is -0.172. The van der Waals surface area contributed by atoms with E-state index in [-0.39, 0.29) is 5.91 Å². The van der Waals surface area contributed by atoms with Crippen LogP contribution in [0.2, 0.25) is 0 Å². The smallest absolute Gasteiger partial charge is 0.284 e. The van der Waals surface area contributed by atoms with E-state index in [9.17, 15) is 4.79 Å². The summed E-state index contributed by atoms with van der Waals surface area (Å²) in [5, 5.41) is 6.62.